The fraction of sp³-hybridized carbons (Fsp3) is 0.800. The molecule has 0 aliphatic carbocycles. The molecule has 0 aromatic rings. The Kier molecular flexibility index (Phi) is 4.09. The lowest BCUT2D eigenvalue weighted by Gasteiger charge is -1.98. The van der Waals surface area contributed by atoms with Crippen molar-refractivity contribution >= 4 is 21.7 Å². The van der Waals surface area contributed by atoms with Crippen molar-refractivity contribution in [3.8, 4) is 0 Å². The van der Waals surface area contributed by atoms with E-state index in [1.807, 2.05) is 6.92 Å². The van der Waals surface area contributed by atoms with Gasteiger partial charge in [-0.05, 0) is 6.92 Å². The Morgan fingerprint density at radius 2 is 2.38 bits per heavy atom. The number of carbonyl (C=O) groups is 1. The lowest BCUT2D eigenvalue weighted by molar-refractivity contribution is -0.116. The van der Waals surface area contributed by atoms with Gasteiger partial charge in [0, 0.05) is 12.5 Å². The molecule has 0 heterocycles. The molecule has 3 heteroatoms. The zero-order chi connectivity index (χ0) is 6.57. The average Bonchev–Trinajstić information content (AvgIpc) is 1.65. The summed E-state index contributed by atoms with van der Waals surface area (Å²) in [7, 11) is 0. The van der Waals surface area contributed by atoms with Gasteiger partial charge in [0.05, 0.1) is 5.33 Å². The van der Waals surface area contributed by atoms with Crippen LogP contribution >= 0.6 is 15.9 Å². The van der Waals surface area contributed by atoms with E-state index in [0.717, 1.165) is 0 Å². The maximum atomic E-state index is 10.5. The highest BCUT2D eigenvalue weighted by molar-refractivity contribution is 9.09. The largest absolute Gasteiger partial charge is 0.328 e. The highest BCUT2D eigenvalue weighted by atomic mass is 79.9. The number of alkyl halides is 1. The minimum atomic E-state index is 0.0000463. The Bertz CT molecular complexity index is 82.5. The van der Waals surface area contributed by atoms with E-state index in [0.29, 0.717) is 11.8 Å². The summed E-state index contributed by atoms with van der Waals surface area (Å²) in [5, 5.41) is 0.425. The molecule has 0 unspecified atom stereocenters. The van der Waals surface area contributed by atoms with Gasteiger partial charge >= 0.3 is 0 Å². The minimum Gasteiger partial charge on any atom is -0.328 e. The molecule has 1 atom stereocenters. The SMILES string of the molecule is C[C@@H](N)CC(=O)CBr. The molecule has 0 bridgehead atoms. The van der Waals surface area contributed by atoms with Gasteiger partial charge in [0.25, 0.3) is 0 Å². The summed E-state index contributed by atoms with van der Waals surface area (Å²) in [6.45, 7) is 1.82. The number of hydrogen-bond acceptors (Lipinski definition) is 2. The first-order chi connectivity index (χ1) is 3.66. The molecule has 0 aliphatic heterocycles. The fourth-order valence-electron chi connectivity index (χ4n) is 0.414. The Morgan fingerprint density at radius 3 is 2.50 bits per heavy atom. The molecule has 48 valence electrons. The molecule has 0 aromatic heterocycles. The van der Waals surface area contributed by atoms with Crippen LogP contribution in [-0.2, 0) is 4.79 Å². The van der Waals surface area contributed by atoms with Crippen molar-refractivity contribution in [3.63, 3.8) is 0 Å². The molecule has 0 saturated carbocycles. The average molecular weight is 180 g/mol. The van der Waals surface area contributed by atoms with Gasteiger partial charge in [0.15, 0.2) is 0 Å². The minimum absolute atomic E-state index is 0.0000463. The van der Waals surface area contributed by atoms with Crippen LogP contribution in [0.4, 0.5) is 0 Å². The van der Waals surface area contributed by atoms with E-state index in [-0.39, 0.29) is 11.8 Å². The predicted octanol–water partition coefficient (Wildman–Crippen LogP) is 0.688. The van der Waals surface area contributed by atoms with Crippen LogP contribution in [0.2, 0.25) is 0 Å². The molecule has 0 radical (unpaired) electrons. The van der Waals surface area contributed by atoms with Crippen LogP contribution in [0.5, 0.6) is 0 Å². The number of carbonyl (C=O) groups excluding carboxylic acids is 1. The predicted molar refractivity (Wildman–Crippen MR) is 37.1 cm³/mol. The van der Waals surface area contributed by atoms with Crippen LogP contribution in [0.3, 0.4) is 0 Å². The second-order valence-corrected chi connectivity index (χ2v) is 2.41. The van der Waals surface area contributed by atoms with Crippen molar-refractivity contribution in [2.75, 3.05) is 5.33 Å². The van der Waals surface area contributed by atoms with Gasteiger partial charge in [-0.2, -0.15) is 0 Å². The molecule has 0 saturated heterocycles. The summed E-state index contributed by atoms with van der Waals surface area (Å²) < 4.78 is 0. The van der Waals surface area contributed by atoms with Crippen molar-refractivity contribution < 1.29 is 4.79 Å². The van der Waals surface area contributed by atoms with Crippen LogP contribution in [0.1, 0.15) is 13.3 Å². The number of ketones is 1. The van der Waals surface area contributed by atoms with E-state index >= 15 is 0 Å². The summed E-state index contributed by atoms with van der Waals surface area (Å²) >= 11 is 3.04. The summed E-state index contributed by atoms with van der Waals surface area (Å²) in [5.74, 6) is 0.167. The van der Waals surface area contributed by atoms with Gasteiger partial charge in [0.1, 0.15) is 5.78 Å². The first-order valence-electron chi connectivity index (χ1n) is 2.50. The van der Waals surface area contributed by atoms with E-state index in [2.05, 4.69) is 15.9 Å². The van der Waals surface area contributed by atoms with Gasteiger partial charge in [-0.1, -0.05) is 15.9 Å². The first-order valence-corrected chi connectivity index (χ1v) is 3.62. The molecule has 0 amide bonds. The fourth-order valence-corrected chi connectivity index (χ4v) is 0.643. The molecule has 0 spiro atoms. The van der Waals surface area contributed by atoms with E-state index in [1.165, 1.54) is 0 Å². The van der Waals surface area contributed by atoms with E-state index in [1.54, 1.807) is 0 Å². The summed E-state index contributed by atoms with van der Waals surface area (Å²) in [6, 6.07) is 0.0000463. The molecule has 2 N–H and O–H groups in total. The maximum Gasteiger partial charge on any atom is 0.144 e. The third-order valence-electron chi connectivity index (χ3n) is 0.699. The molecule has 0 aromatic carbocycles. The van der Waals surface area contributed by atoms with Gasteiger partial charge in [0.2, 0.25) is 0 Å². The second-order valence-electron chi connectivity index (χ2n) is 1.85. The zero-order valence-corrected chi connectivity index (χ0v) is 6.44. The summed E-state index contributed by atoms with van der Waals surface area (Å²) in [6.07, 6.45) is 0.477. The standard InChI is InChI=1S/C5H10BrNO/c1-4(7)2-5(8)3-6/h4H,2-3,7H2,1H3/t4-/m1/s1. The molecular formula is C5H10BrNO. The zero-order valence-electron chi connectivity index (χ0n) is 4.86. The van der Waals surface area contributed by atoms with E-state index in [4.69, 9.17) is 5.73 Å². The monoisotopic (exact) mass is 179 g/mol. The lowest BCUT2D eigenvalue weighted by Crippen LogP contribution is -2.19. The molecule has 2 nitrogen and oxygen atoms in total. The van der Waals surface area contributed by atoms with Crippen molar-refractivity contribution in [2.45, 2.75) is 19.4 Å². The van der Waals surface area contributed by atoms with Crippen molar-refractivity contribution in [2.24, 2.45) is 5.73 Å². The number of Topliss-reactive ketones (excluding diaryl/α,β-unsaturated/α-hetero) is 1. The Labute approximate surface area is 57.6 Å². The van der Waals surface area contributed by atoms with Gasteiger partial charge in [-0.25, -0.2) is 0 Å². The van der Waals surface area contributed by atoms with E-state index < -0.39 is 0 Å². The third-order valence-corrected chi connectivity index (χ3v) is 1.32. The van der Waals surface area contributed by atoms with Crippen molar-refractivity contribution in [3.05, 3.63) is 0 Å². The van der Waals surface area contributed by atoms with Crippen LogP contribution in [0, 0.1) is 0 Å². The van der Waals surface area contributed by atoms with Crippen LogP contribution in [0.15, 0.2) is 0 Å². The van der Waals surface area contributed by atoms with Crippen molar-refractivity contribution in [1.29, 1.82) is 0 Å². The third kappa shape index (κ3) is 4.27. The van der Waals surface area contributed by atoms with Crippen molar-refractivity contribution in [1.82, 2.24) is 0 Å². The number of rotatable bonds is 3. The molecule has 0 aliphatic rings. The normalized spacial score (nSPS) is 13.4. The van der Waals surface area contributed by atoms with Crippen LogP contribution in [-0.4, -0.2) is 17.2 Å². The Morgan fingerprint density at radius 1 is 1.88 bits per heavy atom. The molecule has 0 rings (SSSR count). The summed E-state index contributed by atoms with van der Waals surface area (Å²) in [4.78, 5) is 10.5. The van der Waals surface area contributed by atoms with Crippen LogP contribution in [0.25, 0.3) is 0 Å². The molecule has 0 fully saturated rings. The number of nitrogens with two attached hydrogens (primary N) is 1. The quantitative estimate of drug-likeness (QED) is 0.649. The Balaban J connectivity index is 3.25. The van der Waals surface area contributed by atoms with Gasteiger partial charge in [-0.15, -0.1) is 0 Å². The lowest BCUT2D eigenvalue weighted by atomic mass is 10.2. The Hall–Kier alpha value is 0.110. The van der Waals surface area contributed by atoms with Crippen LogP contribution < -0.4 is 5.73 Å². The smallest absolute Gasteiger partial charge is 0.144 e. The second kappa shape index (κ2) is 4.04. The first kappa shape index (κ1) is 8.11. The number of hydrogen-bond donors (Lipinski definition) is 1. The topological polar surface area (TPSA) is 43.1 Å². The summed E-state index contributed by atoms with van der Waals surface area (Å²) in [5.41, 5.74) is 5.33. The maximum absolute atomic E-state index is 10.5. The highest BCUT2D eigenvalue weighted by Gasteiger charge is 2.00. The van der Waals surface area contributed by atoms with Gasteiger partial charge < -0.3 is 5.73 Å². The van der Waals surface area contributed by atoms with Gasteiger partial charge in [-0.3, -0.25) is 4.79 Å². The highest BCUT2D eigenvalue weighted by Crippen LogP contribution is 1.91. The van der Waals surface area contributed by atoms with E-state index in [9.17, 15) is 4.79 Å². The molecular weight excluding hydrogens is 170 g/mol. The number of halogens is 1. The molecule has 8 heavy (non-hydrogen) atoms.